The van der Waals surface area contributed by atoms with E-state index in [2.05, 4.69) is 0 Å². The van der Waals surface area contributed by atoms with Gasteiger partial charge in [-0.05, 0) is 19.3 Å². The van der Waals surface area contributed by atoms with Gasteiger partial charge in [-0.2, -0.15) is 0 Å². The summed E-state index contributed by atoms with van der Waals surface area (Å²) in [5, 5.41) is 0. The highest BCUT2D eigenvalue weighted by Crippen LogP contribution is 2.26. The van der Waals surface area contributed by atoms with Gasteiger partial charge in [-0.3, -0.25) is 9.59 Å². The lowest BCUT2D eigenvalue weighted by Gasteiger charge is -2.23. The van der Waals surface area contributed by atoms with Crippen LogP contribution in [0.5, 0.6) is 0 Å². The standard InChI is InChI=1S/C15H26O3/c1-7-15(6,10-16)13(18)9-11(2)8-12(17)14(3,4)5/h10-11H,7-9H2,1-6H3. The third-order valence-electron chi connectivity index (χ3n) is 3.54. The maximum atomic E-state index is 12.0. The van der Waals surface area contributed by atoms with Crippen molar-refractivity contribution in [3.63, 3.8) is 0 Å². The van der Waals surface area contributed by atoms with Crippen molar-refractivity contribution in [2.24, 2.45) is 16.7 Å². The number of hydrogen-bond acceptors (Lipinski definition) is 3. The van der Waals surface area contributed by atoms with Crippen LogP contribution < -0.4 is 0 Å². The van der Waals surface area contributed by atoms with Gasteiger partial charge in [0.1, 0.15) is 17.9 Å². The lowest BCUT2D eigenvalue weighted by molar-refractivity contribution is -0.134. The van der Waals surface area contributed by atoms with Gasteiger partial charge in [-0.1, -0.05) is 34.6 Å². The van der Waals surface area contributed by atoms with E-state index in [1.165, 1.54) is 0 Å². The molecule has 0 heterocycles. The molecule has 2 unspecified atom stereocenters. The summed E-state index contributed by atoms with van der Waals surface area (Å²) >= 11 is 0. The Morgan fingerprint density at radius 2 is 1.50 bits per heavy atom. The smallest absolute Gasteiger partial charge is 0.146 e. The van der Waals surface area contributed by atoms with Crippen LogP contribution in [0.25, 0.3) is 0 Å². The van der Waals surface area contributed by atoms with Crippen LogP contribution in [0.1, 0.15) is 60.8 Å². The van der Waals surface area contributed by atoms with Crippen LogP contribution >= 0.6 is 0 Å². The molecule has 2 atom stereocenters. The summed E-state index contributed by atoms with van der Waals surface area (Å²) < 4.78 is 0. The third kappa shape index (κ3) is 4.71. The van der Waals surface area contributed by atoms with Gasteiger partial charge >= 0.3 is 0 Å². The van der Waals surface area contributed by atoms with E-state index in [1.807, 2.05) is 34.6 Å². The minimum absolute atomic E-state index is 0.00458. The summed E-state index contributed by atoms with van der Waals surface area (Å²) in [6.07, 6.45) is 1.93. The van der Waals surface area contributed by atoms with Crippen LogP contribution in [0.2, 0.25) is 0 Å². The number of carbonyl (C=O) groups is 3. The highest BCUT2D eigenvalue weighted by Gasteiger charge is 2.32. The predicted molar refractivity (Wildman–Crippen MR) is 72.3 cm³/mol. The van der Waals surface area contributed by atoms with Crippen LogP contribution in [-0.2, 0) is 14.4 Å². The van der Waals surface area contributed by atoms with Crippen molar-refractivity contribution in [2.45, 2.75) is 60.8 Å². The van der Waals surface area contributed by atoms with E-state index in [9.17, 15) is 14.4 Å². The molecule has 0 fully saturated rings. The second kappa shape index (κ2) is 6.26. The molecule has 0 aromatic rings. The minimum atomic E-state index is -0.890. The average Bonchev–Trinajstić information content (AvgIpc) is 2.26. The maximum Gasteiger partial charge on any atom is 0.146 e. The minimum Gasteiger partial charge on any atom is -0.302 e. The molecule has 3 nitrogen and oxygen atoms in total. The van der Waals surface area contributed by atoms with Crippen LogP contribution in [0.4, 0.5) is 0 Å². The monoisotopic (exact) mass is 254 g/mol. The molecule has 0 rings (SSSR count). The zero-order chi connectivity index (χ0) is 14.6. The molecule has 104 valence electrons. The molecule has 0 aromatic heterocycles. The molecule has 0 spiro atoms. The second-order valence-corrected chi connectivity index (χ2v) is 6.50. The Morgan fingerprint density at radius 3 is 1.83 bits per heavy atom. The summed E-state index contributed by atoms with van der Waals surface area (Å²) in [7, 11) is 0. The van der Waals surface area contributed by atoms with E-state index in [4.69, 9.17) is 0 Å². The van der Waals surface area contributed by atoms with E-state index in [1.54, 1.807) is 6.92 Å². The number of aldehydes is 1. The van der Waals surface area contributed by atoms with Gasteiger partial charge < -0.3 is 4.79 Å². The molecule has 0 saturated carbocycles. The van der Waals surface area contributed by atoms with Crippen molar-refractivity contribution < 1.29 is 14.4 Å². The van der Waals surface area contributed by atoms with E-state index in [0.29, 0.717) is 19.3 Å². The Bertz CT molecular complexity index is 325. The molecule has 18 heavy (non-hydrogen) atoms. The average molecular weight is 254 g/mol. The molecule has 0 bridgehead atoms. The highest BCUT2D eigenvalue weighted by atomic mass is 16.1. The molecule has 0 amide bonds. The first-order valence-corrected chi connectivity index (χ1v) is 6.59. The van der Waals surface area contributed by atoms with Crippen molar-refractivity contribution in [1.82, 2.24) is 0 Å². The van der Waals surface area contributed by atoms with Gasteiger partial charge in [0.15, 0.2) is 0 Å². The first kappa shape index (κ1) is 17.0. The Kier molecular flexibility index (Phi) is 5.91. The number of rotatable bonds is 7. The molecule has 3 heteroatoms. The second-order valence-electron chi connectivity index (χ2n) is 6.50. The Morgan fingerprint density at radius 1 is 1.06 bits per heavy atom. The third-order valence-corrected chi connectivity index (χ3v) is 3.54. The fourth-order valence-electron chi connectivity index (χ4n) is 1.59. The predicted octanol–water partition coefficient (Wildman–Crippen LogP) is 3.20. The Balaban J connectivity index is 4.51. The fraction of sp³-hybridized carbons (Fsp3) is 0.800. The maximum absolute atomic E-state index is 12.0. The van der Waals surface area contributed by atoms with E-state index >= 15 is 0 Å². The molecular weight excluding hydrogens is 228 g/mol. The van der Waals surface area contributed by atoms with E-state index in [-0.39, 0.29) is 22.9 Å². The fourth-order valence-corrected chi connectivity index (χ4v) is 1.59. The summed E-state index contributed by atoms with van der Waals surface area (Å²) in [5.41, 5.74) is -1.25. The first-order valence-electron chi connectivity index (χ1n) is 6.59. The normalized spacial score (nSPS) is 16.8. The van der Waals surface area contributed by atoms with Crippen LogP contribution in [0.3, 0.4) is 0 Å². The van der Waals surface area contributed by atoms with Crippen molar-refractivity contribution in [2.75, 3.05) is 0 Å². The van der Waals surface area contributed by atoms with Gasteiger partial charge in [0.05, 0.1) is 5.41 Å². The molecular formula is C15H26O3. The van der Waals surface area contributed by atoms with Crippen LogP contribution in [0, 0.1) is 16.7 Å². The van der Waals surface area contributed by atoms with Gasteiger partial charge in [0, 0.05) is 18.3 Å². The first-order chi connectivity index (χ1) is 8.06. The largest absolute Gasteiger partial charge is 0.302 e. The summed E-state index contributed by atoms with van der Waals surface area (Å²) in [6, 6.07) is 0. The lowest BCUT2D eigenvalue weighted by atomic mass is 9.78. The Labute approximate surface area is 110 Å². The van der Waals surface area contributed by atoms with Gasteiger partial charge in [0.2, 0.25) is 0 Å². The SMILES string of the molecule is CCC(C)(C=O)C(=O)CC(C)CC(=O)C(C)(C)C. The summed E-state index contributed by atoms with van der Waals surface area (Å²) in [6.45, 7) is 11.0. The molecule has 0 aromatic carbocycles. The van der Waals surface area contributed by atoms with Crippen molar-refractivity contribution >= 4 is 17.9 Å². The summed E-state index contributed by atoms with van der Waals surface area (Å²) in [5.74, 6) is 0.0939. The molecule has 0 aliphatic heterocycles. The molecule has 0 aliphatic carbocycles. The zero-order valence-corrected chi connectivity index (χ0v) is 12.5. The molecule has 0 radical (unpaired) electrons. The van der Waals surface area contributed by atoms with Crippen LogP contribution in [-0.4, -0.2) is 17.9 Å². The summed E-state index contributed by atoms with van der Waals surface area (Å²) in [4.78, 5) is 34.9. The lowest BCUT2D eigenvalue weighted by Crippen LogP contribution is -2.31. The van der Waals surface area contributed by atoms with Crippen LogP contribution in [0.15, 0.2) is 0 Å². The number of carbonyl (C=O) groups excluding carboxylic acids is 3. The van der Waals surface area contributed by atoms with Crippen molar-refractivity contribution in [3.05, 3.63) is 0 Å². The zero-order valence-electron chi connectivity index (χ0n) is 12.5. The van der Waals surface area contributed by atoms with Crippen molar-refractivity contribution in [1.29, 1.82) is 0 Å². The molecule has 0 saturated heterocycles. The Hall–Kier alpha value is -0.990. The topological polar surface area (TPSA) is 51.2 Å². The molecule has 0 N–H and O–H groups in total. The van der Waals surface area contributed by atoms with Gasteiger partial charge in [-0.15, -0.1) is 0 Å². The van der Waals surface area contributed by atoms with E-state index < -0.39 is 5.41 Å². The van der Waals surface area contributed by atoms with E-state index in [0.717, 1.165) is 6.29 Å². The van der Waals surface area contributed by atoms with Gasteiger partial charge in [0.25, 0.3) is 0 Å². The van der Waals surface area contributed by atoms with Crippen molar-refractivity contribution in [3.8, 4) is 0 Å². The quantitative estimate of drug-likeness (QED) is 0.518. The highest BCUT2D eigenvalue weighted by molar-refractivity contribution is 5.98. The number of ketones is 2. The number of hydrogen-bond donors (Lipinski definition) is 0. The van der Waals surface area contributed by atoms with Gasteiger partial charge in [-0.25, -0.2) is 0 Å². The number of Topliss-reactive ketones (excluding diaryl/α,β-unsaturated/α-hetero) is 2. The molecule has 0 aliphatic rings.